The summed E-state index contributed by atoms with van der Waals surface area (Å²) in [5.41, 5.74) is 4.08. The van der Waals surface area contributed by atoms with Crippen molar-refractivity contribution in [3.05, 3.63) is 45.0 Å². The Bertz CT molecular complexity index is 1520. The summed E-state index contributed by atoms with van der Waals surface area (Å²) in [6, 6.07) is 4.92. The molecule has 0 N–H and O–H groups in total. The number of hydrogen-bond donors (Lipinski definition) is 0. The van der Waals surface area contributed by atoms with E-state index in [1.807, 2.05) is 18.3 Å². The van der Waals surface area contributed by atoms with Gasteiger partial charge in [-0.1, -0.05) is 97.8 Å². The molecule has 3 aliphatic rings. The standard InChI is InChI=1S/C39H53NO3S2/c1-6-9-11-12-13-17-21-40-37(41)32-26(5)43-34(33(32)38(40)42)31-23-30-36(45-31)35-29(22-25(4)44-35)39(30,28-19-15-14-16-20-28)24-27(8-3)18-10-7-2/h22-23,27-28H,6-21,24H2,1-5H3. The molecule has 6 rings (SSSR count). The number of hydrogen-bond acceptors (Lipinski definition) is 5. The Morgan fingerprint density at radius 3 is 2.24 bits per heavy atom. The van der Waals surface area contributed by atoms with Gasteiger partial charge in [0.25, 0.3) is 11.8 Å². The summed E-state index contributed by atoms with van der Waals surface area (Å²) in [5.74, 6) is 2.19. The molecule has 0 spiro atoms. The van der Waals surface area contributed by atoms with E-state index in [0.717, 1.165) is 24.1 Å². The molecule has 45 heavy (non-hydrogen) atoms. The molecule has 0 radical (unpaired) electrons. The van der Waals surface area contributed by atoms with Crippen LogP contribution in [0.5, 0.6) is 0 Å². The van der Waals surface area contributed by atoms with Gasteiger partial charge in [0.15, 0.2) is 5.76 Å². The predicted octanol–water partition coefficient (Wildman–Crippen LogP) is 12.1. The number of unbranched alkanes of at least 4 members (excludes halogenated alkanes) is 6. The highest BCUT2D eigenvalue weighted by atomic mass is 32.1. The number of fused-ring (bicyclic) bond motifs is 4. The first-order chi connectivity index (χ1) is 21.8. The highest BCUT2D eigenvalue weighted by Crippen LogP contribution is 2.64. The molecule has 2 amide bonds. The van der Waals surface area contributed by atoms with Crippen LogP contribution in [0.3, 0.4) is 0 Å². The van der Waals surface area contributed by atoms with Crippen molar-refractivity contribution >= 4 is 34.5 Å². The van der Waals surface area contributed by atoms with Crippen molar-refractivity contribution in [3.63, 3.8) is 0 Å². The van der Waals surface area contributed by atoms with Gasteiger partial charge in [0.2, 0.25) is 0 Å². The van der Waals surface area contributed by atoms with Gasteiger partial charge in [0.1, 0.15) is 11.3 Å². The molecule has 3 aromatic heterocycles. The van der Waals surface area contributed by atoms with Crippen LogP contribution in [-0.4, -0.2) is 23.3 Å². The van der Waals surface area contributed by atoms with Crippen LogP contribution in [-0.2, 0) is 5.41 Å². The van der Waals surface area contributed by atoms with E-state index in [4.69, 9.17) is 4.42 Å². The van der Waals surface area contributed by atoms with Crippen LogP contribution in [0.2, 0.25) is 0 Å². The molecule has 6 heteroatoms. The highest BCUT2D eigenvalue weighted by Gasteiger charge is 2.52. The second-order valence-corrected chi connectivity index (χ2v) is 16.5. The molecule has 2 unspecified atom stereocenters. The Morgan fingerprint density at radius 2 is 1.51 bits per heavy atom. The second kappa shape index (κ2) is 13.9. The minimum absolute atomic E-state index is 0.0213. The number of nitrogens with zero attached hydrogens (tertiary/aromatic N) is 1. The Morgan fingerprint density at radius 1 is 0.844 bits per heavy atom. The Kier molecular flexibility index (Phi) is 10.1. The zero-order valence-electron chi connectivity index (χ0n) is 28.3. The summed E-state index contributed by atoms with van der Waals surface area (Å²) < 4.78 is 6.38. The van der Waals surface area contributed by atoms with Crippen LogP contribution in [0.25, 0.3) is 20.4 Å². The summed E-state index contributed by atoms with van der Waals surface area (Å²) in [7, 11) is 0. The predicted molar refractivity (Wildman–Crippen MR) is 189 cm³/mol. The second-order valence-electron chi connectivity index (χ2n) is 14.1. The van der Waals surface area contributed by atoms with E-state index in [1.165, 1.54) is 109 Å². The summed E-state index contributed by atoms with van der Waals surface area (Å²) in [5, 5.41) is 0. The summed E-state index contributed by atoms with van der Waals surface area (Å²) in [6.07, 6.45) is 19.6. The average molecular weight is 648 g/mol. The van der Waals surface area contributed by atoms with Crippen molar-refractivity contribution in [2.75, 3.05) is 6.54 Å². The molecular weight excluding hydrogens is 595 g/mol. The normalized spacial score (nSPS) is 20.2. The van der Waals surface area contributed by atoms with E-state index < -0.39 is 0 Å². The number of rotatable bonds is 15. The van der Waals surface area contributed by atoms with Gasteiger partial charge in [0, 0.05) is 26.6 Å². The molecule has 2 aliphatic carbocycles. The van der Waals surface area contributed by atoms with Crippen molar-refractivity contribution in [1.29, 1.82) is 0 Å². The number of furan rings is 1. The molecule has 2 atom stereocenters. The Labute approximate surface area is 279 Å². The lowest BCUT2D eigenvalue weighted by molar-refractivity contribution is 0.0648. The third-order valence-electron chi connectivity index (χ3n) is 11.2. The largest absolute Gasteiger partial charge is 0.459 e. The van der Waals surface area contributed by atoms with Crippen LogP contribution in [0, 0.1) is 25.7 Å². The SMILES string of the molecule is CCCCCCCCN1C(=O)c2c(C)oc(-c3cc4c(s3)-c3sc(C)cc3C4(CC(CC)CCCC)C3CCCCC3)c2C1=O. The van der Waals surface area contributed by atoms with Gasteiger partial charge in [-0.05, 0) is 74.6 Å². The fourth-order valence-electron chi connectivity index (χ4n) is 8.78. The van der Waals surface area contributed by atoms with Gasteiger partial charge < -0.3 is 4.42 Å². The average Bonchev–Trinajstić information content (AvgIpc) is 3.83. The molecule has 4 nitrogen and oxygen atoms in total. The van der Waals surface area contributed by atoms with Gasteiger partial charge in [0.05, 0.1) is 10.4 Å². The first-order valence-corrected chi connectivity index (χ1v) is 19.7. The minimum atomic E-state index is -0.172. The fourth-order valence-corrected chi connectivity index (χ4v) is 11.3. The fraction of sp³-hybridized carbons (Fsp3) is 0.641. The Balaban J connectivity index is 1.38. The molecule has 0 saturated heterocycles. The van der Waals surface area contributed by atoms with Crippen molar-refractivity contribution in [3.8, 4) is 20.4 Å². The van der Waals surface area contributed by atoms with Crippen molar-refractivity contribution in [1.82, 2.24) is 4.90 Å². The van der Waals surface area contributed by atoms with Crippen molar-refractivity contribution in [2.45, 2.75) is 143 Å². The van der Waals surface area contributed by atoms with Crippen LogP contribution in [0.1, 0.15) is 166 Å². The van der Waals surface area contributed by atoms with Gasteiger partial charge in [-0.25, -0.2) is 0 Å². The van der Waals surface area contributed by atoms with E-state index in [9.17, 15) is 9.59 Å². The van der Waals surface area contributed by atoms with Gasteiger partial charge in [-0.2, -0.15) is 0 Å². The maximum atomic E-state index is 13.9. The number of thiophene rings is 2. The van der Waals surface area contributed by atoms with E-state index in [1.54, 1.807) is 16.9 Å². The van der Waals surface area contributed by atoms with Crippen molar-refractivity contribution < 1.29 is 14.0 Å². The lowest BCUT2D eigenvalue weighted by Gasteiger charge is -2.43. The van der Waals surface area contributed by atoms with Crippen LogP contribution in [0.15, 0.2) is 16.5 Å². The third kappa shape index (κ3) is 5.81. The molecule has 0 bridgehead atoms. The first-order valence-electron chi connectivity index (χ1n) is 18.1. The maximum absolute atomic E-state index is 13.9. The first kappa shape index (κ1) is 32.7. The smallest absolute Gasteiger partial charge is 0.265 e. The zero-order chi connectivity index (χ0) is 31.7. The quantitative estimate of drug-likeness (QED) is 0.122. The molecule has 0 aromatic carbocycles. The number of amides is 2. The molecular formula is C39H53NO3S2. The summed E-state index contributed by atoms with van der Waals surface area (Å²) in [6.45, 7) is 11.5. The number of carbonyl (C=O) groups excluding carboxylic acids is 2. The third-order valence-corrected chi connectivity index (χ3v) is 13.5. The lowest BCUT2D eigenvalue weighted by atomic mass is 9.60. The van der Waals surface area contributed by atoms with E-state index >= 15 is 0 Å². The zero-order valence-corrected chi connectivity index (χ0v) is 30.0. The minimum Gasteiger partial charge on any atom is -0.459 e. The van der Waals surface area contributed by atoms with Crippen LogP contribution >= 0.6 is 22.7 Å². The molecule has 3 aromatic rings. The lowest BCUT2D eigenvalue weighted by Crippen LogP contribution is -2.38. The van der Waals surface area contributed by atoms with E-state index in [2.05, 4.69) is 39.8 Å². The number of carbonyl (C=O) groups is 2. The number of aryl methyl sites for hydroxylation is 2. The summed E-state index contributed by atoms with van der Waals surface area (Å²) >= 11 is 3.74. The van der Waals surface area contributed by atoms with Gasteiger partial charge >= 0.3 is 0 Å². The van der Waals surface area contributed by atoms with Gasteiger partial charge in [-0.3, -0.25) is 14.5 Å². The molecule has 1 saturated carbocycles. The number of imide groups is 1. The highest BCUT2D eigenvalue weighted by molar-refractivity contribution is 7.24. The topological polar surface area (TPSA) is 50.5 Å². The molecule has 4 heterocycles. The molecule has 244 valence electrons. The summed E-state index contributed by atoms with van der Waals surface area (Å²) in [4.78, 5) is 34.1. The molecule has 1 fully saturated rings. The van der Waals surface area contributed by atoms with E-state index in [-0.39, 0.29) is 17.2 Å². The Hall–Kier alpha value is -2.18. The monoisotopic (exact) mass is 647 g/mol. The van der Waals surface area contributed by atoms with Crippen LogP contribution < -0.4 is 0 Å². The van der Waals surface area contributed by atoms with Gasteiger partial charge in [-0.15, -0.1) is 22.7 Å². The maximum Gasteiger partial charge on any atom is 0.265 e. The van der Waals surface area contributed by atoms with Crippen LogP contribution in [0.4, 0.5) is 0 Å². The molecule has 1 aliphatic heterocycles. The van der Waals surface area contributed by atoms with E-state index in [0.29, 0.717) is 41.0 Å². The van der Waals surface area contributed by atoms with Crippen molar-refractivity contribution in [2.24, 2.45) is 11.8 Å².